The van der Waals surface area contributed by atoms with E-state index < -0.39 is 0 Å². The van der Waals surface area contributed by atoms with Crippen LogP contribution in [0.2, 0.25) is 0 Å². The van der Waals surface area contributed by atoms with Crippen LogP contribution in [0.15, 0.2) is 11.1 Å². The molecule has 1 N–H and O–H groups in total. The SMILES string of the molecule is COc1c(N2CC(C)N(C)C(C)C2)nc[nH]c1=O. The van der Waals surface area contributed by atoms with Gasteiger partial charge in [0.25, 0.3) is 5.56 Å². The van der Waals surface area contributed by atoms with Crippen LogP contribution < -0.4 is 15.2 Å². The molecular formula is C12H20N4O2. The first-order valence-electron chi connectivity index (χ1n) is 6.13. The highest BCUT2D eigenvalue weighted by atomic mass is 16.5. The summed E-state index contributed by atoms with van der Waals surface area (Å²) in [6.07, 6.45) is 1.42. The summed E-state index contributed by atoms with van der Waals surface area (Å²) in [5.74, 6) is 0.925. The van der Waals surface area contributed by atoms with Crippen LogP contribution in [0.1, 0.15) is 13.8 Å². The van der Waals surface area contributed by atoms with Gasteiger partial charge in [-0.15, -0.1) is 0 Å². The lowest BCUT2D eigenvalue weighted by Gasteiger charge is -2.43. The number of piperazine rings is 1. The summed E-state index contributed by atoms with van der Waals surface area (Å²) in [5.41, 5.74) is -0.235. The molecule has 0 aromatic carbocycles. The molecule has 0 aliphatic carbocycles. The van der Waals surface area contributed by atoms with E-state index in [9.17, 15) is 4.79 Å². The molecule has 2 rings (SSSR count). The molecule has 0 saturated carbocycles. The van der Waals surface area contributed by atoms with Gasteiger partial charge < -0.3 is 14.6 Å². The van der Waals surface area contributed by atoms with Gasteiger partial charge in [-0.3, -0.25) is 9.69 Å². The number of rotatable bonds is 2. The molecular weight excluding hydrogens is 232 g/mol. The van der Waals surface area contributed by atoms with Gasteiger partial charge in [-0.2, -0.15) is 0 Å². The first-order valence-corrected chi connectivity index (χ1v) is 6.13. The summed E-state index contributed by atoms with van der Waals surface area (Å²) in [7, 11) is 3.62. The third-order valence-corrected chi connectivity index (χ3v) is 3.66. The Balaban J connectivity index is 2.32. The van der Waals surface area contributed by atoms with Crippen LogP contribution in [-0.2, 0) is 0 Å². The normalized spacial score (nSPS) is 25.2. The van der Waals surface area contributed by atoms with Gasteiger partial charge >= 0.3 is 0 Å². The van der Waals surface area contributed by atoms with Gasteiger partial charge in [-0.25, -0.2) is 4.98 Å². The van der Waals surface area contributed by atoms with Crippen molar-refractivity contribution in [1.82, 2.24) is 14.9 Å². The van der Waals surface area contributed by atoms with E-state index >= 15 is 0 Å². The number of H-pyrrole nitrogens is 1. The van der Waals surface area contributed by atoms with Crippen molar-refractivity contribution >= 4 is 5.82 Å². The summed E-state index contributed by atoms with van der Waals surface area (Å²) >= 11 is 0. The van der Waals surface area contributed by atoms with Crippen molar-refractivity contribution in [3.8, 4) is 5.75 Å². The maximum absolute atomic E-state index is 11.7. The van der Waals surface area contributed by atoms with Gasteiger partial charge in [0, 0.05) is 25.2 Å². The van der Waals surface area contributed by atoms with Gasteiger partial charge in [0.1, 0.15) is 0 Å². The molecule has 1 fully saturated rings. The predicted molar refractivity (Wildman–Crippen MR) is 70.3 cm³/mol. The molecule has 1 aromatic heterocycles. The Kier molecular flexibility index (Phi) is 3.56. The second-order valence-electron chi connectivity index (χ2n) is 4.86. The molecule has 0 bridgehead atoms. The number of nitrogens with zero attached hydrogens (tertiary/aromatic N) is 3. The maximum Gasteiger partial charge on any atom is 0.295 e. The Bertz CT molecular complexity index is 461. The Hall–Kier alpha value is -1.56. The number of aromatic amines is 1. The summed E-state index contributed by atoms with van der Waals surface area (Å²) in [6.45, 7) is 6.02. The van der Waals surface area contributed by atoms with Crippen molar-refractivity contribution in [2.75, 3.05) is 32.1 Å². The molecule has 6 heteroatoms. The third-order valence-electron chi connectivity index (χ3n) is 3.66. The smallest absolute Gasteiger partial charge is 0.295 e. The summed E-state index contributed by atoms with van der Waals surface area (Å²) in [6, 6.07) is 0.832. The van der Waals surface area contributed by atoms with E-state index in [1.165, 1.54) is 13.4 Å². The lowest BCUT2D eigenvalue weighted by molar-refractivity contribution is 0.169. The number of hydrogen-bond acceptors (Lipinski definition) is 5. The fraction of sp³-hybridized carbons (Fsp3) is 0.667. The number of hydrogen-bond donors (Lipinski definition) is 1. The standard InChI is InChI=1S/C12H20N4O2/c1-8-5-16(6-9(2)15(8)3)11-10(18-4)12(17)14-7-13-11/h7-9H,5-6H2,1-4H3,(H,13,14,17). The molecule has 1 saturated heterocycles. The first-order chi connectivity index (χ1) is 8.54. The molecule has 2 unspecified atom stereocenters. The van der Waals surface area contributed by atoms with E-state index in [0.717, 1.165) is 13.1 Å². The number of methoxy groups -OCH3 is 1. The molecule has 1 aliphatic heterocycles. The van der Waals surface area contributed by atoms with E-state index in [1.54, 1.807) is 0 Å². The fourth-order valence-corrected chi connectivity index (χ4v) is 2.36. The summed E-state index contributed by atoms with van der Waals surface area (Å²) in [4.78, 5) is 22.9. The second kappa shape index (κ2) is 4.97. The van der Waals surface area contributed by atoms with E-state index in [1.807, 2.05) is 0 Å². The highest BCUT2D eigenvalue weighted by molar-refractivity contribution is 5.51. The fourth-order valence-electron chi connectivity index (χ4n) is 2.36. The predicted octanol–water partition coefficient (Wildman–Crippen LogP) is 0.307. The Morgan fingerprint density at radius 2 is 2.00 bits per heavy atom. The number of likely N-dealkylation sites (N-methyl/N-ethyl adjacent to an activating group) is 1. The minimum atomic E-state index is -0.235. The highest BCUT2D eigenvalue weighted by Crippen LogP contribution is 2.24. The van der Waals surface area contributed by atoms with Crippen LogP contribution in [0.5, 0.6) is 5.75 Å². The summed E-state index contributed by atoms with van der Waals surface area (Å²) in [5, 5.41) is 0. The molecule has 2 heterocycles. The van der Waals surface area contributed by atoms with Crippen molar-refractivity contribution < 1.29 is 4.74 Å². The number of aromatic nitrogens is 2. The maximum atomic E-state index is 11.7. The molecule has 100 valence electrons. The van der Waals surface area contributed by atoms with Crippen molar-refractivity contribution in [2.45, 2.75) is 25.9 Å². The quantitative estimate of drug-likeness (QED) is 0.820. The van der Waals surface area contributed by atoms with Crippen LogP contribution in [-0.4, -0.2) is 54.2 Å². The zero-order chi connectivity index (χ0) is 13.3. The Labute approximate surface area is 107 Å². The summed E-state index contributed by atoms with van der Waals surface area (Å²) < 4.78 is 5.17. The van der Waals surface area contributed by atoms with Gasteiger partial charge in [0.2, 0.25) is 5.75 Å². The topological polar surface area (TPSA) is 61.5 Å². The molecule has 2 atom stereocenters. The van der Waals surface area contributed by atoms with E-state index in [0.29, 0.717) is 23.7 Å². The van der Waals surface area contributed by atoms with Gasteiger partial charge in [0.05, 0.1) is 13.4 Å². The van der Waals surface area contributed by atoms with Crippen LogP contribution >= 0.6 is 0 Å². The molecule has 18 heavy (non-hydrogen) atoms. The van der Waals surface area contributed by atoms with Crippen molar-refractivity contribution in [3.63, 3.8) is 0 Å². The lowest BCUT2D eigenvalue weighted by Crippen LogP contribution is -2.55. The van der Waals surface area contributed by atoms with E-state index in [4.69, 9.17) is 4.74 Å². The number of nitrogens with one attached hydrogen (secondary N) is 1. The highest BCUT2D eigenvalue weighted by Gasteiger charge is 2.29. The number of anilines is 1. The average Bonchev–Trinajstić information content (AvgIpc) is 2.35. The van der Waals surface area contributed by atoms with E-state index in [2.05, 4.69) is 40.7 Å². The van der Waals surface area contributed by atoms with Crippen molar-refractivity contribution in [2.24, 2.45) is 0 Å². The Morgan fingerprint density at radius 1 is 1.39 bits per heavy atom. The number of ether oxygens (including phenoxy) is 1. The van der Waals surface area contributed by atoms with Crippen molar-refractivity contribution in [3.05, 3.63) is 16.7 Å². The Morgan fingerprint density at radius 3 is 2.56 bits per heavy atom. The minimum absolute atomic E-state index is 0.235. The molecule has 0 amide bonds. The molecule has 0 spiro atoms. The first kappa shape index (κ1) is 12.9. The van der Waals surface area contributed by atoms with Gasteiger partial charge in [-0.05, 0) is 20.9 Å². The van der Waals surface area contributed by atoms with Crippen LogP contribution in [0.25, 0.3) is 0 Å². The average molecular weight is 252 g/mol. The van der Waals surface area contributed by atoms with Gasteiger partial charge in [0.15, 0.2) is 5.82 Å². The van der Waals surface area contributed by atoms with E-state index in [-0.39, 0.29) is 5.56 Å². The van der Waals surface area contributed by atoms with Gasteiger partial charge in [-0.1, -0.05) is 0 Å². The minimum Gasteiger partial charge on any atom is -0.489 e. The largest absolute Gasteiger partial charge is 0.489 e. The second-order valence-corrected chi connectivity index (χ2v) is 4.86. The molecule has 1 aromatic rings. The van der Waals surface area contributed by atoms with Crippen LogP contribution in [0.4, 0.5) is 5.82 Å². The lowest BCUT2D eigenvalue weighted by atomic mass is 10.1. The van der Waals surface area contributed by atoms with Crippen LogP contribution in [0.3, 0.4) is 0 Å². The third kappa shape index (κ3) is 2.20. The zero-order valence-corrected chi connectivity index (χ0v) is 11.3. The van der Waals surface area contributed by atoms with Crippen molar-refractivity contribution in [1.29, 1.82) is 0 Å². The molecule has 6 nitrogen and oxygen atoms in total. The van der Waals surface area contributed by atoms with Crippen LogP contribution in [0, 0.1) is 0 Å². The zero-order valence-electron chi connectivity index (χ0n) is 11.3. The molecule has 0 radical (unpaired) electrons. The monoisotopic (exact) mass is 252 g/mol. The molecule has 1 aliphatic rings.